The first-order valence-corrected chi connectivity index (χ1v) is 10.8. The standard InChI is InChI=1S/C28H23N3O2/c1-19(20-8-3-2-4-9-20)33-24-11-7-10-22(18-24)28(32)29-23-16-14-21(15-17-23)27-30-25-12-5-6-13-26(25)31-27/h2-19H,1H3,(H,29,32)(H,30,31)/t19-/m1/s1. The van der Waals surface area contributed by atoms with Crippen LogP contribution < -0.4 is 10.1 Å². The van der Waals surface area contributed by atoms with Crippen LogP contribution in [-0.4, -0.2) is 15.9 Å². The summed E-state index contributed by atoms with van der Waals surface area (Å²) in [6, 6.07) is 32.8. The van der Waals surface area contributed by atoms with E-state index in [2.05, 4.69) is 15.3 Å². The Labute approximate surface area is 192 Å². The van der Waals surface area contributed by atoms with Gasteiger partial charge in [0.1, 0.15) is 17.7 Å². The Morgan fingerprint density at radius 1 is 0.879 bits per heavy atom. The van der Waals surface area contributed by atoms with Crippen molar-refractivity contribution in [2.75, 3.05) is 5.32 Å². The normalized spacial score (nSPS) is 11.8. The molecule has 0 spiro atoms. The number of fused-ring (bicyclic) bond motifs is 1. The van der Waals surface area contributed by atoms with Gasteiger partial charge >= 0.3 is 0 Å². The minimum atomic E-state index is -0.190. The summed E-state index contributed by atoms with van der Waals surface area (Å²) < 4.78 is 6.04. The summed E-state index contributed by atoms with van der Waals surface area (Å²) in [5, 5.41) is 2.95. The molecule has 0 fully saturated rings. The predicted molar refractivity (Wildman–Crippen MR) is 131 cm³/mol. The number of hydrogen-bond acceptors (Lipinski definition) is 3. The van der Waals surface area contributed by atoms with Crippen LogP contribution in [0.3, 0.4) is 0 Å². The molecule has 4 aromatic carbocycles. The van der Waals surface area contributed by atoms with Crippen LogP contribution in [-0.2, 0) is 0 Å². The molecule has 5 heteroatoms. The van der Waals surface area contributed by atoms with E-state index in [0.717, 1.165) is 28.0 Å². The zero-order chi connectivity index (χ0) is 22.6. The smallest absolute Gasteiger partial charge is 0.255 e. The number of hydrogen-bond donors (Lipinski definition) is 2. The number of H-pyrrole nitrogens is 1. The number of ether oxygens (including phenoxy) is 1. The molecule has 0 aliphatic heterocycles. The fraction of sp³-hybridized carbons (Fsp3) is 0.0714. The maximum absolute atomic E-state index is 12.8. The topological polar surface area (TPSA) is 67.0 Å². The highest BCUT2D eigenvalue weighted by molar-refractivity contribution is 6.04. The van der Waals surface area contributed by atoms with Crippen LogP contribution in [0.2, 0.25) is 0 Å². The molecule has 1 aromatic heterocycles. The van der Waals surface area contributed by atoms with Crippen molar-refractivity contribution < 1.29 is 9.53 Å². The van der Waals surface area contributed by atoms with Crippen molar-refractivity contribution in [2.24, 2.45) is 0 Å². The maximum Gasteiger partial charge on any atom is 0.255 e. The quantitative estimate of drug-likeness (QED) is 0.316. The first kappa shape index (κ1) is 20.5. The number of carbonyl (C=O) groups excluding carboxylic acids is 1. The summed E-state index contributed by atoms with van der Waals surface area (Å²) in [5.74, 6) is 1.26. The van der Waals surface area contributed by atoms with E-state index in [1.54, 1.807) is 12.1 Å². The largest absolute Gasteiger partial charge is 0.486 e. The highest BCUT2D eigenvalue weighted by atomic mass is 16.5. The lowest BCUT2D eigenvalue weighted by atomic mass is 10.1. The number of amides is 1. The van der Waals surface area contributed by atoms with Crippen LogP contribution in [0, 0.1) is 0 Å². The lowest BCUT2D eigenvalue weighted by Crippen LogP contribution is -2.12. The molecule has 1 heterocycles. The number of nitrogens with zero attached hydrogens (tertiary/aromatic N) is 1. The van der Waals surface area contributed by atoms with Crippen LogP contribution in [0.1, 0.15) is 28.9 Å². The zero-order valence-corrected chi connectivity index (χ0v) is 18.2. The molecular formula is C28H23N3O2. The molecule has 0 radical (unpaired) electrons. The molecule has 0 aliphatic carbocycles. The van der Waals surface area contributed by atoms with Gasteiger partial charge in [0, 0.05) is 16.8 Å². The minimum Gasteiger partial charge on any atom is -0.486 e. The highest BCUT2D eigenvalue weighted by Crippen LogP contribution is 2.24. The van der Waals surface area contributed by atoms with Gasteiger partial charge < -0.3 is 15.0 Å². The van der Waals surface area contributed by atoms with Crippen molar-refractivity contribution in [1.82, 2.24) is 9.97 Å². The number of imidazole rings is 1. The zero-order valence-electron chi connectivity index (χ0n) is 18.2. The van der Waals surface area contributed by atoms with Gasteiger partial charge in [-0.05, 0) is 67.1 Å². The Kier molecular flexibility index (Phi) is 5.60. The summed E-state index contributed by atoms with van der Waals surface area (Å²) in [7, 11) is 0. The van der Waals surface area contributed by atoms with Gasteiger partial charge in [-0.2, -0.15) is 0 Å². The number of anilines is 1. The first-order chi connectivity index (χ1) is 16.2. The molecule has 1 amide bonds. The summed E-state index contributed by atoms with van der Waals surface area (Å²) in [6.45, 7) is 1.99. The van der Waals surface area contributed by atoms with Gasteiger partial charge in [-0.3, -0.25) is 4.79 Å². The Morgan fingerprint density at radius 3 is 2.42 bits per heavy atom. The van der Waals surface area contributed by atoms with Crippen molar-refractivity contribution in [2.45, 2.75) is 13.0 Å². The number of aromatic nitrogens is 2. The Balaban J connectivity index is 1.27. The first-order valence-electron chi connectivity index (χ1n) is 10.8. The molecular weight excluding hydrogens is 410 g/mol. The van der Waals surface area contributed by atoms with Gasteiger partial charge in [0.15, 0.2) is 0 Å². The second-order valence-corrected chi connectivity index (χ2v) is 7.83. The number of para-hydroxylation sites is 2. The molecule has 2 N–H and O–H groups in total. The monoisotopic (exact) mass is 433 g/mol. The molecule has 33 heavy (non-hydrogen) atoms. The van der Waals surface area contributed by atoms with E-state index >= 15 is 0 Å². The molecule has 1 atom stereocenters. The highest BCUT2D eigenvalue weighted by Gasteiger charge is 2.11. The third kappa shape index (κ3) is 4.62. The molecule has 0 aliphatic rings. The number of rotatable bonds is 6. The van der Waals surface area contributed by atoms with Crippen molar-refractivity contribution in [1.29, 1.82) is 0 Å². The molecule has 0 saturated carbocycles. The van der Waals surface area contributed by atoms with Crippen LogP contribution in [0.5, 0.6) is 5.75 Å². The molecule has 0 saturated heterocycles. The van der Waals surface area contributed by atoms with E-state index in [4.69, 9.17) is 4.74 Å². The Bertz CT molecular complexity index is 1360. The number of nitrogens with one attached hydrogen (secondary N) is 2. The maximum atomic E-state index is 12.8. The third-order valence-electron chi connectivity index (χ3n) is 5.48. The van der Waals surface area contributed by atoms with Gasteiger partial charge in [0.05, 0.1) is 11.0 Å². The van der Waals surface area contributed by atoms with Gasteiger partial charge in [-0.25, -0.2) is 4.98 Å². The van der Waals surface area contributed by atoms with Gasteiger partial charge in [0.25, 0.3) is 5.91 Å². The Hall–Kier alpha value is -4.38. The van der Waals surface area contributed by atoms with E-state index < -0.39 is 0 Å². The van der Waals surface area contributed by atoms with Crippen molar-refractivity contribution in [3.8, 4) is 17.1 Å². The van der Waals surface area contributed by atoms with E-state index in [9.17, 15) is 4.79 Å². The van der Waals surface area contributed by atoms with Crippen LogP contribution in [0.4, 0.5) is 5.69 Å². The fourth-order valence-corrected chi connectivity index (χ4v) is 3.71. The van der Waals surface area contributed by atoms with Gasteiger partial charge in [0.2, 0.25) is 0 Å². The number of benzene rings is 4. The lowest BCUT2D eigenvalue weighted by molar-refractivity contribution is 0.102. The summed E-state index contributed by atoms with van der Waals surface area (Å²) in [5.41, 5.74) is 5.20. The van der Waals surface area contributed by atoms with Gasteiger partial charge in [-0.15, -0.1) is 0 Å². The fourth-order valence-electron chi connectivity index (χ4n) is 3.71. The molecule has 0 unspecified atom stereocenters. The molecule has 0 bridgehead atoms. The second kappa shape index (κ2) is 9.01. The SMILES string of the molecule is C[C@@H](Oc1cccc(C(=O)Nc2ccc(-c3nc4ccccc4[nH]3)cc2)c1)c1ccccc1. The number of aromatic amines is 1. The summed E-state index contributed by atoms with van der Waals surface area (Å²) in [4.78, 5) is 20.7. The second-order valence-electron chi connectivity index (χ2n) is 7.83. The molecule has 5 nitrogen and oxygen atoms in total. The summed E-state index contributed by atoms with van der Waals surface area (Å²) in [6.07, 6.45) is -0.115. The van der Waals surface area contributed by atoms with E-state index in [-0.39, 0.29) is 12.0 Å². The average molecular weight is 434 g/mol. The van der Waals surface area contributed by atoms with Crippen LogP contribution >= 0.6 is 0 Å². The van der Waals surface area contributed by atoms with Crippen molar-refractivity contribution in [3.05, 3.63) is 114 Å². The Morgan fingerprint density at radius 2 is 1.64 bits per heavy atom. The van der Waals surface area contributed by atoms with E-state index in [1.807, 2.05) is 97.9 Å². The average Bonchev–Trinajstić information content (AvgIpc) is 3.29. The molecule has 5 rings (SSSR count). The van der Waals surface area contributed by atoms with Gasteiger partial charge in [-0.1, -0.05) is 48.5 Å². The minimum absolute atomic E-state index is 0.115. The van der Waals surface area contributed by atoms with Crippen LogP contribution in [0.25, 0.3) is 22.4 Å². The third-order valence-corrected chi connectivity index (χ3v) is 5.48. The van der Waals surface area contributed by atoms with Crippen molar-refractivity contribution in [3.63, 3.8) is 0 Å². The van der Waals surface area contributed by atoms with E-state index in [1.165, 1.54) is 0 Å². The van der Waals surface area contributed by atoms with Crippen molar-refractivity contribution >= 4 is 22.6 Å². The summed E-state index contributed by atoms with van der Waals surface area (Å²) >= 11 is 0. The number of carbonyl (C=O) groups is 1. The lowest BCUT2D eigenvalue weighted by Gasteiger charge is -2.15. The van der Waals surface area contributed by atoms with Crippen LogP contribution in [0.15, 0.2) is 103 Å². The predicted octanol–water partition coefficient (Wildman–Crippen LogP) is 6.62. The molecule has 5 aromatic rings. The molecule has 162 valence electrons. The van der Waals surface area contributed by atoms with E-state index in [0.29, 0.717) is 17.0 Å².